The maximum absolute atomic E-state index is 15.0. The number of nitrogens with one attached hydrogen (secondary N) is 1. The maximum Gasteiger partial charge on any atom is 0.264 e. The van der Waals surface area contributed by atoms with Gasteiger partial charge < -0.3 is 10.2 Å². The largest absolute Gasteiger partial charge is 0.352 e. The third kappa shape index (κ3) is 8.63. The lowest BCUT2D eigenvalue weighted by Gasteiger charge is -2.34. The summed E-state index contributed by atoms with van der Waals surface area (Å²) in [5.41, 5.74) is 0.911. The number of amides is 2. The Balaban J connectivity index is 1.84. The molecule has 4 aromatic rings. The van der Waals surface area contributed by atoms with Gasteiger partial charge in [-0.2, -0.15) is 0 Å². The Morgan fingerprint density at radius 2 is 1.51 bits per heavy atom. The SMILES string of the molecule is CCC(C)NC(=O)C(Cc1ccccc1)N(Cc1ccccc1F)C(=O)CN(c1cc(Cl)ccc1Cl)S(=O)(=O)c1ccccc1. The molecule has 2 amide bonds. The quantitative estimate of drug-likeness (QED) is 0.168. The van der Waals surface area contributed by atoms with E-state index in [0.29, 0.717) is 6.42 Å². The molecule has 1 N–H and O–H groups in total. The molecule has 2 atom stereocenters. The Bertz CT molecular complexity index is 1730. The Labute approximate surface area is 273 Å². The smallest absolute Gasteiger partial charge is 0.264 e. The Morgan fingerprint density at radius 3 is 2.16 bits per heavy atom. The first-order valence-corrected chi connectivity index (χ1v) is 16.6. The summed E-state index contributed by atoms with van der Waals surface area (Å²) in [5.74, 6) is -1.76. The highest BCUT2D eigenvalue weighted by molar-refractivity contribution is 7.92. The molecule has 4 aromatic carbocycles. The van der Waals surface area contributed by atoms with Crippen LogP contribution in [-0.2, 0) is 32.6 Å². The molecule has 0 bridgehead atoms. The van der Waals surface area contributed by atoms with Crippen molar-refractivity contribution in [1.82, 2.24) is 10.2 Å². The average Bonchev–Trinajstić information content (AvgIpc) is 3.04. The van der Waals surface area contributed by atoms with E-state index in [9.17, 15) is 18.0 Å². The molecule has 0 aromatic heterocycles. The number of hydrogen-bond donors (Lipinski definition) is 1. The third-order valence-electron chi connectivity index (χ3n) is 7.36. The number of nitrogens with zero attached hydrogens (tertiary/aromatic N) is 2. The van der Waals surface area contributed by atoms with Crippen LogP contribution in [0.2, 0.25) is 10.0 Å². The molecule has 7 nitrogen and oxygen atoms in total. The number of rotatable bonds is 13. The van der Waals surface area contributed by atoms with Crippen molar-refractivity contribution < 1.29 is 22.4 Å². The van der Waals surface area contributed by atoms with Crippen LogP contribution >= 0.6 is 23.2 Å². The zero-order valence-electron chi connectivity index (χ0n) is 24.9. The van der Waals surface area contributed by atoms with Gasteiger partial charge in [0.2, 0.25) is 11.8 Å². The number of carbonyl (C=O) groups excluding carboxylic acids is 2. The second-order valence-electron chi connectivity index (χ2n) is 10.6. The van der Waals surface area contributed by atoms with Crippen molar-refractivity contribution in [2.75, 3.05) is 10.8 Å². The number of benzene rings is 4. The number of anilines is 1. The second-order valence-corrected chi connectivity index (χ2v) is 13.3. The number of sulfonamides is 1. The maximum atomic E-state index is 15.0. The lowest BCUT2D eigenvalue weighted by molar-refractivity contribution is -0.140. The zero-order valence-corrected chi connectivity index (χ0v) is 27.2. The zero-order chi connectivity index (χ0) is 32.6. The molecular weight excluding hydrogens is 636 g/mol. The highest BCUT2D eigenvalue weighted by Gasteiger charge is 2.36. The summed E-state index contributed by atoms with van der Waals surface area (Å²) in [6.07, 6.45) is 0.744. The van der Waals surface area contributed by atoms with Gasteiger partial charge in [-0.15, -0.1) is 0 Å². The fourth-order valence-electron chi connectivity index (χ4n) is 4.72. The van der Waals surface area contributed by atoms with Crippen LogP contribution in [0.15, 0.2) is 108 Å². The van der Waals surface area contributed by atoms with Crippen molar-refractivity contribution >= 4 is 50.7 Å². The molecule has 236 valence electrons. The minimum atomic E-state index is -4.36. The van der Waals surface area contributed by atoms with E-state index in [2.05, 4.69) is 5.32 Å². The van der Waals surface area contributed by atoms with Crippen molar-refractivity contribution in [3.05, 3.63) is 130 Å². The summed E-state index contributed by atoms with van der Waals surface area (Å²) in [6, 6.07) is 25.6. The van der Waals surface area contributed by atoms with E-state index in [-0.39, 0.29) is 45.2 Å². The predicted octanol–water partition coefficient (Wildman–Crippen LogP) is 6.88. The van der Waals surface area contributed by atoms with Crippen LogP contribution in [0.3, 0.4) is 0 Å². The molecule has 2 unspecified atom stereocenters. The van der Waals surface area contributed by atoms with Gasteiger partial charge in [0, 0.05) is 29.6 Å². The van der Waals surface area contributed by atoms with Crippen LogP contribution in [0.1, 0.15) is 31.4 Å². The molecule has 0 fully saturated rings. The van der Waals surface area contributed by atoms with Crippen LogP contribution in [0, 0.1) is 5.82 Å². The summed E-state index contributed by atoms with van der Waals surface area (Å²) < 4.78 is 44.0. The summed E-state index contributed by atoms with van der Waals surface area (Å²) in [6.45, 7) is 2.73. The molecule has 0 saturated carbocycles. The Kier molecular flexibility index (Phi) is 11.6. The molecule has 45 heavy (non-hydrogen) atoms. The molecule has 0 aliphatic heterocycles. The van der Waals surface area contributed by atoms with Crippen LogP contribution < -0.4 is 9.62 Å². The lowest BCUT2D eigenvalue weighted by Crippen LogP contribution is -2.54. The van der Waals surface area contributed by atoms with E-state index < -0.39 is 40.2 Å². The van der Waals surface area contributed by atoms with Crippen LogP contribution in [0.4, 0.5) is 10.1 Å². The predicted molar refractivity (Wildman–Crippen MR) is 176 cm³/mol. The number of halogens is 3. The van der Waals surface area contributed by atoms with E-state index >= 15 is 4.39 Å². The minimum Gasteiger partial charge on any atom is -0.352 e. The van der Waals surface area contributed by atoms with Crippen LogP contribution in [0.5, 0.6) is 0 Å². The van der Waals surface area contributed by atoms with E-state index in [4.69, 9.17) is 23.2 Å². The summed E-state index contributed by atoms with van der Waals surface area (Å²) >= 11 is 12.7. The van der Waals surface area contributed by atoms with Crippen LogP contribution in [0.25, 0.3) is 0 Å². The first kappa shape index (κ1) is 34.0. The van der Waals surface area contributed by atoms with Gasteiger partial charge in [0.05, 0.1) is 15.6 Å². The van der Waals surface area contributed by atoms with Gasteiger partial charge in [-0.05, 0) is 55.3 Å². The van der Waals surface area contributed by atoms with E-state index in [1.165, 1.54) is 53.4 Å². The molecule has 0 aliphatic carbocycles. The van der Waals surface area contributed by atoms with Gasteiger partial charge in [-0.25, -0.2) is 12.8 Å². The van der Waals surface area contributed by atoms with Gasteiger partial charge in [0.1, 0.15) is 18.4 Å². The molecule has 11 heteroatoms. The standard InChI is InChI=1S/C34H34Cl2FN3O4S/c1-3-24(2)38-34(42)32(20-25-12-6-4-7-13-25)39(22-26-14-10-11-17-30(26)37)33(41)23-40(31-21-27(35)18-19-29(31)36)45(43,44)28-15-8-5-9-16-28/h4-19,21,24,32H,3,20,22-23H2,1-2H3,(H,38,42). The van der Waals surface area contributed by atoms with Crippen LogP contribution in [-0.4, -0.2) is 43.8 Å². The summed E-state index contributed by atoms with van der Waals surface area (Å²) in [7, 11) is -4.36. The fraction of sp³-hybridized carbons (Fsp3) is 0.235. The van der Waals surface area contributed by atoms with Crippen molar-refractivity contribution in [3.8, 4) is 0 Å². The van der Waals surface area contributed by atoms with E-state index in [0.717, 1.165) is 9.87 Å². The molecule has 4 rings (SSSR count). The molecule has 0 spiro atoms. The topological polar surface area (TPSA) is 86.8 Å². The summed E-state index contributed by atoms with van der Waals surface area (Å²) in [4.78, 5) is 29.4. The molecule has 0 radical (unpaired) electrons. The normalized spacial score (nSPS) is 12.6. The monoisotopic (exact) mass is 669 g/mol. The van der Waals surface area contributed by atoms with Gasteiger partial charge in [0.15, 0.2) is 0 Å². The fourth-order valence-corrected chi connectivity index (χ4v) is 6.60. The van der Waals surface area contributed by atoms with Crippen molar-refractivity contribution in [3.63, 3.8) is 0 Å². The average molecular weight is 671 g/mol. The van der Waals surface area contributed by atoms with E-state index in [1.807, 2.05) is 44.2 Å². The Hall–Kier alpha value is -3.92. The molecule has 0 saturated heterocycles. The highest BCUT2D eigenvalue weighted by atomic mass is 35.5. The van der Waals surface area contributed by atoms with E-state index in [1.54, 1.807) is 24.3 Å². The minimum absolute atomic E-state index is 0.0177. The molecular formula is C34H34Cl2FN3O4S. The number of carbonyl (C=O) groups is 2. The van der Waals surface area contributed by atoms with Crippen molar-refractivity contribution in [2.45, 2.75) is 50.2 Å². The highest BCUT2D eigenvalue weighted by Crippen LogP contribution is 2.33. The van der Waals surface area contributed by atoms with Gasteiger partial charge in [-0.3, -0.25) is 13.9 Å². The van der Waals surface area contributed by atoms with Gasteiger partial charge in [0.25, 0.3) is 10.0 Å². The first-order valence-electron chi connectivity index (χ1n) is 14.4. The molecule has 0 heterocycles. The van der Waals surface area contributed by atoms with Crippen molar-refractivity contribution in [2.24, 2.45) is 0 Å². The van der Waals surface area contributed by atoms with Crippen molar-refractivity contribution in [1.29, 1.82) is 0 Å². The third-order valence-corrected chi connectivity index (χ3v) is 9.69. The van der Waals surface area contributed by atoms with Gasteiger partial charge in [-0.1, -0.05) is 96.9 Å². The number of hydrogen-bond acceptors (Lipinski definition) is 4. The Morgan fingerprint density at radius 1 is 0.889 bits per heavy atom. The second kappa shape index (κ2) is 15.4. The first-order chi connectivity index (χ1) is 21.5. The summed E-state index contributed by atoms with van der Waals surface area (Å²) in [5, 5.41) is 3.19. The van der Waals surface area contributed by atoms with Gasteiger partial charge >= 0.3 is 0 Å². The lowest BCUT2D eigenvalue weighted by atomic mass is 10.0. The molecule has 0 aliphatic rings.